The van der Waals surface area contributed by atoms with Crippen LogP contribution < -0.4 is 10.6 Å². The number of nitrogens with one attached hydrogen (secondary N) is 3. The summed E-state index contributed by atoms with van der Waals surface area (Å²) in [6.45, 7) is 0. The van der Waals surface area contributed by atoms with Crippen molar-refractivity contribution in [1.29, 1.82) is 0 Å². The number of amides is 2. The molecule has 3 aromatic carbocycles. The first-order chi connectivity index (χ1) is 16.2. The van der Waals surface area contributed by atoms with Gasteiger partial charge in [0.15, 0.2) is 0 Å². The Balaban J connectivity index is 1.31. The third-order valence-corrected chi connectivity index (χ3v) is 5.12. The first kappa shape index (κ1) is 20.1. The van der Waals surface area contributed by atoms with Gasteiger partial charge in [-0.1, -0.05) is 18.2 Å². The fraction of sp³-hybridized carbons (Fsp3) is 0. The summed E-state index contributed by atoms with van der Waals surface area (Å²) in [6, 6.07) is 25.5. The number of imidazole rings is 1. The van der Waals surface area contributed by atoms with Crippen molar-refractivity contribution in [1.82, 2.24) is 15.0 Å². The van der Waals surface area contributed by atoms with Crippen molar-refractivity contribution in [2.75, 3.05) is 10.6 Å². The quantitative estimate of drug-likeness (QED) is 0.358. The fourth-order valence-electron chi connectivity index (χ4n) is 3.43. The number of aromatic nitrogens is 3. The van der Waals surface area contributed by atoms with Crippen molar-refractivity contribution >= 4 is 34.2 Å². The third-order valence-electron chi connectivity index (χ3n) is 5.12. The van der Waals surface area contributed by atoms with Crippen molar-refractivity contribution in [3.8, 4) is 11.4 Å². The van der Waals surface area contributed by atoms with Gasteiger partial charge in [0, 0.05) is 34.9 Å². The van der Waals surface area contributed by atoms with E-state index in [2.05, 4.69) is 25.6 Å². The molecule has 0 spiro atoms. The molecule has 0 aliphatic heterocycles. The minimum absolute atomic E-state index is 0.159. The molecule has 0 bridgehead atoms. The Morgan fingerprint density at radius 3 is 2.18 bits per heavy atom. The van der Waals surface area contributed by atoms with Gasteiger partial charge in [-0.25, -0.2) is 4.98 Å². The molecule has 0 aliphatic rings. The standard InChI is InChI=1S/C26H19N5O2/c32-25(18-5-2-1-3-6-18)28-20-10-8-17(9-11-20)24-30-22-13-12-21(15-23(22)31-24)29-26(33)19-7-4-14-27-16-19/h1-16H,(H,28,32)(H,29,33)(H,30,31). The number of rotatable bonds is 5. The first-order valence-corrected chi connectivity index (χ1v) is 10.3. The molecule has 0 aliphatic carbocycles. The molecule has 5 aromatic rings. The van der Waals surface area contributed by atoms with E-state index in [1.807, 2.05) is 60.7 Å². The van der Waals surface area contributed by atoms with Crippen molar-refractivity contribution in [3.05, 3.63) is 108 Å². The number of nitrogens with zero attached hydrogens (tertiary/aromatic N) is 2. The summed E-state index contributed by atoms with van der Waals surface area (Å²) in [6.07, 6.45) is 3.15. The predicted molar refractivity (Wildman–Crippen MR) is 128 cm³/mol. The van der Waals surface area contributed by atoms with E-state index in [1.54, 1.807) is 30.5 Å². The van der Waals surface area contributed by atoms with E-state index in [4.69, 9.17) is 0 Å². The lowest BCUT2D eigenvalue weighted by atomic mass is 10.1. The molecule has 160 valence electrons. The van der Waals surface area contributed by atoms with Gasteiger partial charge in [-0.05, 0) is 66.7 Å². The Labute approximate surface area is 189 Å². The zero-order chi connectivity index (χ0) is 22.6. The SMILES string of the molecule is O=C(Nc1ccc(-c2nc3ccc(NC(=O)c4cccnc4)cc3[nH]2)cc1)c1ccccc1. The monoisotopic (exact) mass is 433 g/mol. The van der Waals surface area contributed by atoms with E-state index in [0.29, 0.717) is 28.3 Å². The summed E-state index contributed by atoms with van der Waals surface area (Å²) in [5.74, 6) is 0.310. The molecule has 0 saturated carbocycles. The van der Waals surface area contributed by atoms with Crippen LogP contribution in [0.5, 0.6) is 0 Å². The normalized spacial score (nSPS) is 10.7. The van der Waals surface area contributed by atoms with Crippen LogP contribution in [0.2, 0.25) is 0 Å². The van der Waals surface area contributed by atoms with E-state index in [9.17, 15) is 9.59 Å². The van der Waals surface area contributed by atoms with Crippen LogP contribution in [0.3, 0.4) is 0 Å². The maximum absolute atomic E-state index is 12.4. The topological polar surface area (TPSA) is 99.8 Å². The second-order valence-corrected chi connectivity index (χ2v) is 7.41. The van der Waals surface area contributed by atoms with Gasteiger partial charge in [-0.15, -0.1) is 0 Å². The second kappa shape index (κ2) is 8.76. The van der Waals surface area contributed by atoms with E-state index < -0.39 is 0 Å². The van der Waals surface area contributed by atoms with E-state index in [-0.39, 0.29) is 11.8 Å². The molecule has 3 N–H and O–H groups in total. The molecule has 0 unspecified atom stereocenters. The van der Waals surface area contributed by atoms with Crippen LogP contribution in [0.4, 0.5) is 11.4 Å². The minimum Gasteiger partial charge on any atom is -0.338 e. The van der Waals surface area contributed by atoms with Crippen LogP contribution in [-0.2, 0) is 0 Å². The number of aromatic amines is 1. The molecule has 5 rings (SSSR count). The minimum atomic E-state index is -0.227. The Bertz CT molecular complexity index is 1430. The number of carbonyl (C=O) groups excluding carboxylic acids is 2. The van der Waals surface area contributed by atoms with E-state index >= 15 is 0 Å². The Kier molecular flexibility index (Phi) is 5.35. The number of H-pyrrole nitrogens is 1. The highest BCUT2D eigenvalue weighted by atomic mass is 16.2. The average Bonchev–Trinajstić information content (AvgIpc) is 3.29. The van der Waals surface area contributed by atoms with E-state index in [1.165, 1.54) is 6.20 Å². The summed E-state index contributed by atoms with van der Waals surface area (Å²) in [7, 11) is 0. The first-order valence-electron chi connectivity index (χ1n) is 10.3. The number of hydrogen-bond acceptors (Lipinski definition) is 4. The Morgan fingerprint density at radius 1 is 0.727 bits per heavy atom. The van der Waals surface area contributed by atoms with Crippen molar-refractivity contribution in [3.63, 3.8) is 0 Å². The van der Waals surface area contributed by atoms with Crippen LogP contribution in [0, 0.1) is 0 Å². The highest BCUT2D eigenvalue weighted by Crippen LogP contribution is 2.24. The highest BCUT2D eigenvalue weighted by molar-refractivity contribution is 6.05. The van der Waals surface area contributed by atoms with Crippen molar-refractivity contribution in [2.24, 2.45) is 0 Å². The Hall–Kier alpha value is -4.78. The van der Waals surface area contributed by atoms with Crippen LogP contribution in [0.15, 0.2) is 97.3 Å². The molecule has 7 nitrogen and oxygen atoms in total. The van der Waals surface area contributed by atoms with Gasteiger partial charge in [0.05, 0.1) is 16.6 Å². The van der Waals surface area contributed by atoms with Crippen LogP contribution >= 0.6 is 0 Å². The lowest BCUT2D eigenvalue weighted by molar-refractivity contribution is 0.101. The van der Waals surface area contributed by atoms with Crippen molar-refractivity contribution < 1.29 is 9.59 Å². The summed E-state index contributed by atoms with van der Waals surface area (Å²) >= 11 is 0. The number of anilines is 2. The molecule has 0 saturated heterocycles. The molecule has 2 amide bonds. The van der Waals surface area contributed by atoms with Crippen LogP contribution in [-0.4, -0.2) is 26.8 Å². The van der Waals surface area contributed by atoms with Gasteiger partial charge in [0.25, 0.3) is 11.8 Å². The fourth-order valence-corrected chi connectivity index (χ4v) is 3.43. The smallest absolute Gasteiger partial charge is 0.257 e. The van der Waals surface area contributed by atoms with E-state index in [0.717, 1.165) is 16.6 Å². The lowest BCUT2D eigenvalue weighted by Gasteiger charge is -2.06. The summed E-state index contributed by atoms with van der Waals surface area (Å²) in [4.78, 5) is 36.6. The maximum atomic E-state index is 12.4. The van der Waals surface area contributed by atoms with Crippen molar-refractivity contribution in [2.45, 2.75) is 0 Å². The largest absolute Gasteiger partial charge is 0.338 e. The van der Waals surface area contributed by atoms with Gasteiger partial charge < -0.3 is 15.6 Å². The predicted octanol–water partition coefficient (Wildman–Crippen LogP) is 5.13. The number of benzene rings is 3. The van der Waals surface area contributed by atoms with Gasteiger partial charge in [0.1, 0.15) is 5.82 Å². The Morgan fingerprint density at radius 2 is 1.42 bits per heavy atom. The summed E-state index contributed by atoms with van der Waals surface area (Å²) in [5, 5.41) is 5.76. The highest BCUT2D eigenvalue weighted by Gasteiger charge is 2.10. The van der Waals surface area contributed by atoms with Crippen LogP contribution in [0.25, 0.3) is 22.4 Å². The third kappa shape index (κ3) is 4.47. The number of carbonyl (C=O) groups is 2. The molecule has 0 fully saturated rings. The molecule has 33 heavy (non-hydrogen) atoms. The maximum Gasteiger partial charge on any atom is 0.257 e. The number of fused-ring (bicyclic) bond motifs is 1. The van der Waals surface area contributed by atoms with Gasteiger partial charge in [-0.3, -0.25) is 14.6 Å². The lowest BCUT2D eigenvalue weighted by Crippen LogP contribution is -2.11. The zero-order valence-corrected chi connectivity index (χ0v) is 17.4. The molecular formula is C26H19N5O2. The molecule has 2 aromatic heterocycles. The average molecular weight is 433 g/mol. The summed E-state index contributed by atoms with van der Waals surface area (Å²) in [5.41, 5.74) is 4.91. The van der Waals surface area contributed by atoms with Crippen LogP contribution in [0.1, 0.15) is 20.7 Å². The molecule has 0 atom stereocenters. The molecule has 7 heteroatoms. The molecule has 2 heterocycles. The van der Waals surface area contributed by atoms with Gasteiger partial charge >= 0.3 is 0 Å². The zero-order valence-electron chi connectivity index (χ0n) is 17.4. The molecule has 0 radical (unpaired) electrons. The number of pyridine rings is 1. The van der Waals surface area contributed by atoms with Gasteiger partial charge in [0.2, 0.25) is 0 Å². The van der Waals surface area contributed by atoms with Gasteiger partial charge in [-0.2, -0.15) is 0 Å². The summed E-state index contributed by atoms with van der Waals surface area (Å²) < 4.78 is 0. The molecular weight excluding hydrogens is 414 g/mol. The second-order valence-electron chi connectivity index (χ2n) is 7.41. The number of hydrogen-bond donors (Lipinski definition) is 3.